The van der Waals surface area contributed by atoms with Crippen molar-refractivity contribution in [3.05, 3.63) is 59.7 Å². The minimum atomic E-state index is -3.71. The minimum Gasteiger partial charge on any atom is -0.349 e. The van der Waals surface area contributed by atoms with Crippen molar-refractivity contribution in [2.75, 3.05) is 22.4 Å². The summed E-state index contributed by atoms with van der Waals surface area (Å²) in [6, 6.07) is 14.1. The maximum atomic E-state index is 12.9. The lowest BCUT2D eigenvalue weighted by atomic mass is 9.87. The molecule has 2 aromatic rings. The van der Waals surface area contributed by atoms with Crippen LogP contribution in [0.15, 0.2) is 48.5 Å². The van der Waals surface area contributed by atoms with E-state index >= 15 is 0 Å². The maximum Gasteiger partial charge on any atom is 0.253 e. The van der Waals surface area contributed by atoms with Gasteiger partial charge >= 0.3 is 0 Å². The molecule has 2 amide bonds. The van der Waals surface area contributed by atoms with Crippen LogP contribution in [0.3, 0.4) is 0 Å². The van der Waals surface area contributed by atoms with Gasteiger partial charge in [-0.05, 0) is 48.1 Å². The zero-order valence-corrected chi connectivity index (χ0v) is 21.2. The number of benzene rings is 2. The predicted molar refractivity (Wildman–Crippen MR) is 137 cm³/mol. The molecule has 7 nitrogen and oxygen atoms in total. The van der Waals surface area contributed by atoms with E-state index in [4.69, 9.17) is 0 Å². The van der Waals surface area contributed by atoms with Crippen molar-refractivity contribution in [2.24, 2.45) is 0 Å². The van der Waals surface area contributed by atoms with Crippen molar-refractivity contribution in [1.29, 1.82) is 0 Å². The summed E-state index contributed by atoms with van der Waals surface area (Å²) in [5.41, 5.74) is 2.12. The quantitative estimate of drug-likeness (QED) is 0.606. The average molecular weight is 486 g/mol. The van der Waals surface area contributed by atoms with Gasteiger partial charge in [-0.25, -0.2) is 8.42 Å². The Hall–Kier alpha value is -2.87. The molecule has 2 N–H and O–H groups in total. The highest BCUT2D eigenvalue weighted by atomic mass is 32.2. The number of hydrogen-bond donors (Lipinski definition) is 2. The number of amides is 2. The van der Waals surface area contributed by atoms with Gasteiger partial charge in [-0.2, -0.15) is 0 Å². The van der Waals surface area contributed by atoms with Crippen LogP contribution in [0.2, 0.25) is 0 Å². The lowest BCUT2D eigenvalue weighted by Crippen LogP contribution is -2.38. The Balaban J connectivity index is 1.75. The van der Waals surface area contributed by atoms with Crippen molar-refractivity contribution in [3.63, 3.8) is 0 Å². The Kier molecular flexibility index (Phi) is 8.02. The molecule has 0 saturated heterocycles. The molecule has 8 heteroatoms. The Bertz CT molecular complexity index is 1120. The van der Waals surface area contributed by atoms with Crippen molar-refractivity contribution in [2.45, 2.75) is 64.3 Å². The highest BCUT2D eigenvalue weighted by Gasteiger charge is 2.24. The molecule has 0 spiro atoms. The van der Waals surface area contributed by atoms with E-state index in [0.717, 1.165) is 41.8 Å². The van der Waals surface area contributed by atoms with Gasteiger partial charge in [0.2, 0.25) is 15.9 Å². The molecule has 1 aliphatic rings. The molecule has 0 atom stereocenters. The summed E-state index contributed by atoms with van der Waals surface area (Å²) in [6.07, 6.45) is 6.37. The standard InChI is InChI=1S/C26H35N3O4S/c1-26(2,3)19-14-16-21(17-15-19)29(34(4,32)33)18-24(30)28-23-13-9-8-12-22(23)25(31)27-20-10-6-5-7-11-20/h8-9,12-17,20H,5-7,10-11,18H2,1-4H3,(H,27,31)(H,28,30). The first-order valence-electron chi connectivity index (χ1n) is 11.7. The van der Waals surface area contributed by atoms with Gasteiger partial charge in [0.15, 0.2) is 0 Å². The second-order valence-corrected chi connectivity index (χ2v) is 11.9. The van der Waals surface area contributed by atoms with Crippen molar-refractivity contribution in [1.82, 2.24) is 5.32 Å². The van der Waals surface area contributed by atoms with Crippen molar-refractivity contribution >= 4 is 33.2 Å². The molecule has 184 valence electrons. The lowest BCUT2D eigenvalue weighted by molar-refractivity contribution is -0.114. The summed E-state index contributed by atoms with van der Waals surface area (Å²) in [5, 5.41) is 5.79. The number of anilines is 2. The van der Waals surface area contributed by atoms with Gasteiger partial charge in [-0.3, -0.25) is 13.9 Å². The van der Waals surface area contributed by atoms with Crippen LogP contribution in [0.1, 0.15) is 68.8 Å². The molecule has 3 rings (SSSR count). The third-order valence-corrected chi connectivity index (χ3v) is 7.24. The molecule has 2 aromatic carbocycles. The van der Waals surface area contributed by atoms with E-state index in [1.807, 2.05) is 12.1 Å². The van der Waals surface area contributed by atoms with Crippen LogP contribution < -0.4 is 14.9 Å². The SMILES string of the molecule is CC(C)(C)c1ccc(N(CC(=O)Nc2ccccc2C(=O)NC2CCCCC2)S(C)(=O)=O)cc1. The summed E-state index contributed by atoms with van der Waals surface area (Å²) in [6.45, 7) is 5.83. The second kappa shape index (κ2) is 10.6. The van der Waals surface area contributed by atoms with Gasteiger partial charge in [-0.1, -0.05) is 64.3 Å². The number of para-hydroxylation sites is 1. The normalized spacial score (nSPS) is 14.9. The number of nitrogens with one attached hydrogen (secondary N) is 2. The van der Waals surface area contributed by atoms with Crippen LogP contribution in [0, 0.1) is 0 Å². The number of carbonyl (C=O) groups excluding carboxylic acids is 2. The topological polar surface area (TPSA) is 95.6 Å². The molecule has 0 unspecified atom stereocenters. The number of sulfonamides is 1. The monoisotopic (exact) mass is 485 g/mol. The van der Waals surface area contributed by atoms with Crippen molar-refractivity contribution < 1.29 is 18.0 Å². The van der Waals surface area contributed by atoms with E-state index in [1.54, 1.807) is 36.4 Å². The number of hydrogen-bond acceptors (Lipinski definition) is 4. The highest BCUT2D eigenvalue weighted by Crippen LogP contribution is 2.26. The highest BCUT2D eigenvalue weighted by molar-refractivity contribution is 7.92. The summed E-state index contributed by atoms with van der Waals surface area (Å²) in [4.78, 5) is 25.7. The molecule has 1 fully saturated rings. The Morgan fingerprint density at radius 1 is 0.971 bits per heavy atom. The summed E-state index contributed by atoms with van der Waals surface area (Å²) >= 11 is 0. The van der Waals surface area contributed by atoms with Crippen molar-refractivity contribution in [3.8, 4) is 0 Å². The van der Waals surface area contributed by atoms with E-state index in [1.165, 1.54) is 6.42 Å². The van der Waals surface area contributed by atoms with Gasteiger partial charge in [-0.15, -0.1) is 0 Å². The molecular formula is C26H35N3O4S. The summed E-state index contributed by atoms with van der Waals surface area (Å²) < 4.78 is 26.0. The second-order valence-electron chi connectivity index (χ2n) is 9.97. The predicted octanol–water partition coefficient (Wildman–Crippen LogP) is 4.45. The third kappa shape index (κ3) is 6.82. The fraction of sp³-hybridized carbons (Fsp3) is 0.462. The van der Waals surface area contributed by atoms with E-state index < -0.39 is 22.5 Å². The van der Waals surface area contributed by atoms with E-state index in [-0.39, 0.29) is 17.4 Å². The molecule has 1 saturated carbocycles. The Morgan fingerprint density at radius 3 is 2.18 bits per heavy atom. The van der Waals surface area contributed by atoms with Crippen LogP contribution >= 0.6 is 0 Å². The van der Waals surface area contributed by atoms with Gasteiger partial charge in [0.25, 0.3) is 5.91 Å². The van der Waals surface area contributed by atoms with Crippen LogP contribution in [-0.4, -0.2) is 39.1 Å². The molecule has 34 heavy (non-hydrogen) atoms. The maximum absolute atomic E-state index is 12.9. The average Bonchev–Trinajstić information content (AvgIpc) is 2.77. The molecule has 0 aliphatic heterocycles. The number of carbonyl (C=O) groups is 2. The first kappa shape index (κ1) is 25.7. The molecule has 1 aliphatic carbocycles. The smallest absolute Gasteiger partial charge is 0.253 e. The lowest BCUT2D eigenvalue weighted by Gasteiger charge is -2.25. The van der Waals surface area contributed by atoms with Gasteiger partial charge in [0.1, 0.15) is 6.54 Å². The first-order chi connectivity index (χ1) is 15.9. The fourth-order valence-corrected chi connectivity index (χ4v) is 5.00. The molecule has 0 aromatic heterocycles. The Labute approximate surface area is 203 Å². The minimum absolute atomic E-state index is 0.0757. The van der Waals surface area contributed by atoms with Crippen LogP contribution in [0.25, 0.3) is 0 Å². The zero-order valence-electron chi connectivity index (χ0n) is 20.4. The molecular weight excluding hydrogens is 450 g/mol. The van der Waals surface area contributed by atoms with Crippen LogP contribution in [0.4, 0.5) is 11.4 Å². The van der Waals surface area contributed by atoms with Gasteiger partial charge < -0.3 is 10.6 Å². The van der Waals surface area contributed by atoms with E-state index in [9.17, 15) is 18.0 Å². The fourth-order valence-electron chi connectivity index (χ4n) is 4.15. The van der Waals surface area contributed by atoms with Gasteiger partial charge in [0.05, 0.1) is 23.2 Å². The van der Waals surface area contributed by atoms with E-state index in [2.05, 4.69) is 31.4 Å². The first-order valence-corrected chi connectivity index (χ1v) is 13.6. The van der Waals surface area contributed by atoms with Crippen LogP contribution in [-0.2, 0) is 20.2 Å². The largest absolute Gasteiger partial charge is 0.349 e. The Morgan fingerprint density at radius 2 is 1.59 bits per heavy atom. The zero-order chi connectivity index (χ0) is 24.9. The molecule has 0 radical (unpaired) electrons. The number of rotatable bonds is 7. The summed E-state index contributed by atoms with van der Waals surface area (Å²) in [5.74, 6) is -0.760. The summed E-state index contributed by atoms with van der Waals surface area (Å²) in [7, 11) is -3.71. The van der Waals surface area contributed by atoms with E-state index in [0.29, 0.717) is 16.9 Å². The van der Waals surface area contributed by atoms with Gasteiger partial charge in [0, 0.05) is 6.04 Å². The third-order valence-electron chi connectivity index (χ3n) is 6.10. The van der Waals surface area contributed by atoms with Crippen LogP contribution in [0.5, 0.6) is 0 Å². The molecule has 0 heterocycles. The molecule has 0 bridgehead atoms. The number of nitrogens with zero attached hydrogens (tertiary/aromatic N) is 1.